The zero-order chi connectivity index (χ0) is 14.8. The van der Waals surface area contributed by atoms with Crippen LogP contribution in [0.1, 0.15) is 10.4 Å². The predicted molar refractivity (Wildman–Crippen MR) is 86.0 cm³/mol. The molecule has 3 N–H and O–H groups in total. The minimum absolute atomic E-state index is 0.249. The normalized spacial score (nSPS) is 10.5. The van der Waals surface area contributed by atoms with Gasteiger partial charge in [-0.25, -0.2) is 4.98 Å². The van der Waals surface area contributed by atoms with Gasteiger partial charge in [0.2, 0.25) is 0 Å². The molecule has 0 saturated carbocycles. The van der Waals surface area contributed by atoms with Crippen molar-refractivity contribution in [3.8, 4) is 0 Å². The number of pyridine rings is 2. The number of carbonyl (C=O) groups excluding carboxylic acids is 1. The Labute approximate surface area is 129 Å². The van der Waals surface area contributed by atoms with Gasteiger partial charge in [0.15, 0.2) is 0 Å². The first-order chi connectivity index (χ1) is 10.1. The second kappa shape index (κ2) is 5.49. The molecule has 0 aliphatic heterocycles. The molecule has 5 nitrogen and oxygen atoms in total. The van der Waals surface area contributed by atoms with Gasteiger partial charge >= 0.3 is 0 Å². The second-order valence-corrected chi connectivity index (χ2v) is 5.37. The van der Waals surface area contributed by atoms with Crippen LogP contribution in [0.3, 0.4) is 0 Å². The number of nitrogens with one attached hydrogen (secondary N) is 1. The summed E-state index contributed by atoms with van der Waals surface area (Å²) in [7, 11) is 0. The fraction of sp³-hybridized carbons (Fsp3) is 0. The van der Waals surface area contributed by atoms with Gasteiger partial charge in [-0.2, -0.15) is 0 Å². The molecule has 21 heavy (non-hydrogen) atoms. The number of hydrogen-bond acceptors (Lipinski definition) is 4. The van der Waals surface area contributed by atoms with E-state index in [1.165, 1.54) is 12.3 Å². The van der Waals surface area contributed by atoms with Crippen molar-refractivity contribution in [2.75, 3.05) is 11.1 Å². The first-order valence-corrected chi connectivity index (χ1v) is 7.00. The number of rotatable bonds is 2. The zero-order valence-electron chi connectivity index (χ0n) is 10.9. The molecule has 0 unspecified atom stereocenters. The molecular weight excluding hydrogens is 332 g/mol. The lowest BCUT2D eigenvalue weighted by atomic mass is 10.2. The smallest absolute Gasteiger partial charge is 0.255 e. The Bertz CT molecular complexity index is 835. The van der Waals surface area contributed by atoms with Crippen LogP contribution in [-0.4, -0.2) is 15.9 Å². The standard InChI is InChI=1S/C15H11BrN4O/c16-11-6-9-2-1-3-12(14(9)19-8-11)20-15(21)10-4-5-18-13(17)7-10/h1-8H,(H2,17,18)(H,20,21). The second-order valence-electron chi connectivity index (χ2n) is 4.45. The Hall–Kier alpha value is -2.47. The predicted octanol–water partition coefficient (Wildman–Crippen LogP) is 3.23. The van der Waals surface area contributed by atoms with Crippen LogP contribution < -0.4 is 11.1 Å². The van der Waals surface area contributed by atoms with Crippen LogP contribution >= 0.6 is 15.9 Å². The number of anilines is 2. The topological polar surface area (TPSA) is 80.9 Å². The van der Waals surface area contributed by atoms with Gasteiger partial charge in [0, 0.05) is 27.8 Å². The zero-order valence-corrected chi connectivity index (χ0v) is 12.5. The van der Waals surface area contributed by atoms with E-state index in [1.807, 2.05) is 24.3 Å². The third-order valence-electron chi connectivity index (χ3n) is 2.97. The molecular formula is C15H11BrN4O. The molecule has 0 bridgehead atoms. The van der Waals surface area contributed by atoms with Gasteiger partial charge in [0.05, 0.1) is 11.2 Å². The molecule has 104 valence electrons. The molecule has 1 amide bonds. The lowest BCUT2D eigenvalue weighted by Crippen LogP contribution is -2.13. The first kappa shape index (κ1) is 13.5. The third kappa shape index (κ3) is 2.85. The highest BCUT2D eigenvalue weighted by Crippen LogP contribution is 2.24. The number of fused-ring (bicyclic) bond motifs is 1. The molecule has 0 radical (unpaired) electrons. The monoisotopic (exact) mass is 342 g/mol. The van der Waals surface area contributed by atoms with E-state index in [2.05, 4.69) is 31.2 Å². The molecule has 0 fully saturated rings. The summed E-state index contributed by atoms with van der Waals surface area (Å²) in [6.07, 6.45) is 3.20. The number of amides is 1. The summed E-state index contributed by atoms with van der Waals surface area (Å²) in [6.45, 7) is 0. The summed E-state index contributed by atoms with van der Waals surface area (Å²) in [5.74, 6) is 0.0592. The summed E-state index contributed by atoms with van der Waals surface area (Å²) < 4.78 is 0.889. The minimum atomic E-state index is -0.249. The molecule has 0 aliphatic rings. The molecule has 0 saturated heterocycles. The van der Waals surface area contributed by atoms with Gasteiger partial charge in [0.25, 0.3) is 5.91 Å². The Balaban J connectivity index is 1.96. The Morgan fingerprint density at radius 2 is 2.05 bits per heavy atom. The first-order valence-electron chi connectivity index (χ1n) is 6.20. The molecule has 0 aliphatic carbocycles. The van der Waals surface area contributed by atoms with Crippen LogP contribution in [0, 0.1) is 0 Å². The molecule has 1 aromatic carbocycles. The van der Waals surface area contributed by atoms with Gasteiger partial charge in [-0.15, -0.1) is 0 Å². The Kier molecular flexibility index (Phi) is 3.53. The van der Waals surface area contributed by atoms with Crippen LogP contribution in [0.25, 0.3) is 10.9 Å². The van der Waals surface area contributed by atoms with E-state index in [0.29, 0.717) is 17.1 Å². The number of para-hydroxylation sites is 1. The SMILES string of the molecule is Nc1cc(C(=O)Nc2cccc3cc(Br)cnc23)ccn1. The van der Waals surface area contributed by atoms with Crippen molar-refractivity contribution in [1.82, 2.24) is 9.97 Å². The Morgan fingerprint density at radius 3 is 2.86 bits per heavy atom. The minimum Gasteiger partial charge on any atom is -0.384 e. The highest BCUT2D eigenvalue weighted by molar-refractivity contribution is 9.10. The van der Waals surface area contributed by atoms with Crippen molar-refractivity contribution in [3.63, 3.8) is 0 Å². The van der Waals surface area contributed by atoms with E-state index in [9.17, 15) is 4.79 Å². The molecule has 3 rings (SSSR count). The quantitative estimate of drug-likeness (QED) is 0.749. The average Bonchev–Trinajstić information content (AvgIpc) is 2.47. The van der Waals surface area contributed by atoms with Gasteiger partial charge in [0.1, 0.15) is 5.82 Å². The lowest BCUT2D eigenvalue weighted by molar-refractivity contribution is 0.102. The third-order valence-corrected chi connectivity index (χ3v) is 3.40. The number of nitrogens with two attached hydrogens (primary N) is 1. The largest absolute Gasteiger partial charge is 0.384 e. The van der Waals surface area contributed by atoms with Gasteiger partial charge in [-0.3, -0.25) is 9.78 Å². The van der Waals surface area contributed by atoms with Crippen LogP contribution in [-0.2, 0) is 0 Å². The summed E-state index contributed by atoms with van der Waals surface area (Å²) in [4.78, 5) is 20.5. The maximum atomic E-state index is 12.2. The number of nitrogen functional groups attached to an aromatic ring is 1. The van der Waals surface area contributed by atoms with Crippen molar-refractivity contribution in [1.29, 1.82) is 0 Å². The number of benzene rings is 1. The van der Waals surface area contributed by atoms with Crippen molar-refractivity contribution in [2.24, 2.45) is 0 Å². The fourth-order valence-corrected chi connectivity index (χ4v) is 2.37. The average molecular weight is 343 g/mol. The summed E-state index contributed by atoms with van der Waals surface area (Å²) in [6, 6.07) is 10.7. The Morgan fingerprint density at radius 1 is 1.19 bits per heavy atom. The van der Waals surface area contributed by atoms with Crippen LogP contribution in [0.2, 0.25) is 0 Å². The fourth-order valence-electron chi connectivity index (χ4n) is 2.02. The molecule has 0 spiro atoms. The van der Waals surface area contributed by atoms with E-state index in [1.54, 1.807) is 12.3 Å². The van der Waals surface area contributed by atoms with Gasteiger partial charge in [-0.05, 0) is 40.2 Å². The molecule has 3 aromatic rings. The van der Waals surface area contributed by atoms with Crippen LogP contribution in [0.4, 0.5) is 11.5 Å². The summed E-state index contributed by atoms with van der Waals surface area (Å²) in [5.41, 5.74) is 7.43. The summed E-state index contributed by atoms with van der Waals surface area (Å²) >= 11 is 3.38. The molecule has 2 heterocycles. The van der Waals surface area contributed by atoms with Crippen molar-refractivity contribution in [2.45, 2.75) is 0 Å². The lowest BCUT2D eigenvalue weighted by Gasteiger charge is -2.08. The van der Waals surface area contributed by atoms with E-state index in [0.717, 1.165) is 15.4 Å². The highest BCUT2D eigenvalue weighted by atomic mass is 79.9. The van der Waals surface area contributed by atoms with E-state index in [4.69, 9.17) is 5.73 Å². The van der Waals surface area contributed by atoms with Crippen molar-refractivity contribution < 1.29 is 4.79 Å². The number of halogens is 1. The van der Waals surface area contributed by atoms with E-state index >= 15 is 0 Å². The molecule has 0 atom stereocenters. The van der Waals surface area contributed by atoms with Crippen molar-refractivity contribution >= 4 is 44.2 Å². The number of nitrogens with zero attached hydrogens (tertiary/aromatic N) is 2. The van der Waals surface area contributed by atoms with Crippen LogP contribution in [0.5, 0.6) is 0 Å². The number of hydrogen-bond donors (Lipinski definition) is 2. The maximum Gasteiger partial charge on any atom is 0.255 e. The number of aromatic nitrogens is 2. The van der Waals surface area contributed by atoms with Gasteiger partial charge in [-0.1, -0.05) is 12.1 Å². The molecule has 6 heteroatoms. The van der Waals surface area contributed by atoms with Crippen molar-refractivity contribution in [3.05, 3.63) is 58.8 Å². The highest BCUT2D eigenvalue weighted by Gasteiger charge is 2.09. The van der Waals surface area contributed by atoms with E-state index in [-0.39, 0.29) is 5.91 Å². The molecule has 2 aromatic heterocycles. The maximum absolute atomic E-state index is 12.2. The summed E-state index contributed by atoms with van der Waals surface area (Å²) in [5, 5.41) is 3.79. The van der Waals surface area contributed by atoms with Gasteiger partial charge < -0.3 is 11.1 Å². The number of carbonyl (C=O) groups is 1. The van der Waals surface area contributed by atoms with Crippen LogP contribution in [0.15, 0.2) is 53.3 Å². The van der Waals surface area contributed by atoms with E-state index < -0.39 is 0 Å².